The Labute approximate surface area is 160 Å². The molecule has 2 aromatic rings. The molecule has 0 atom stereocenters. The van der Waals surface area contributed by atoms with Gasteiger partial charge < -0.3 is 10.2 Å². The van der Waals surface area contributed by atoms with Crippen LogP contribution in [0.25, 0.3) is 10.2 Å². The Morgan fingerprint density at radius 3 is 2.56 bits per heavy atom. The van der Waals surface area contributed by atoms with Crippen molar-refractivity contribution in [2.45, 2.75) is 33.6 Å². The van der Waals surface area contributed by atoms with Gasteiger partial charge >= 0.3 is 0 Å². The van der Waals surface area contributed by atoms with Crippen LogP contribution in [0.2, 0.25) is 0 Å². The molecule has 3 rings (SSSR count). The van der Waals surface area contributed by atoms with Crippen LogP contribution in [-0.2, 0) is 9.59 Å². The van der Waals surface area contributed by atoms with Crippen molar-refractivity contribution in [1.29, 1.82) is 0 Å². The van der Waals surface area contributed by atoms with E-state index in [1.54, 1.807) is 6.07 Å². The van der Waals surface area contributed by atoms with Gasteiger partial charge in [-0.15, -0.1) is 0 Å². The number of nitrogens with zero attached hydrogens (tertiary/aromatic N) is 3. The zero-order chi connectivity index (χ0) is 19.8. The molecule has 2 heterocycles. The summed E-state index contributed by atoms with van der Waals surface area (Å²) in [7, 11) is 0. The first-order chi connectivity index (χ1) is 12.6. The van der Waals surface area contributed by atoms with Crippen molar-refractivity contribution >= 4 is 44.2 Å². The van der Waals surface area contributed by atoms with E-state index < -0.39 is 10.3 Å². The second-order valence-electron chi connectivity index (χ2n) is 7.73. The zero-order valence-corrected chi connectivity index (χ0v) is 16.3. The lowest BCUT2D eigenvalue weighted by Gasteiger charge is -2.35. The van der Waals surface area contributed by atoms with Crippen molar-refractivity contribution < 1.29 is 14.5 Å². The van der Waals surface area contributed by atoms with Crippen molar-refractivity contribution in [3.05, 3.63) is 28.3 Å². The van der Waals surface area contributed by atoms with Gasteiger partial charge in [-0.25, -0.2) is 4.98 Å². The fraction of sp³-hybridized carbons (Fsp3) is 0.500. The van der Waals surface area contributed by atoms with Crippen LogP contribution in [0.3, 0.4) is 0 Å². The van der Waals surface area contributed by atoms with Crippen LogP contribution in [0, 0.1) is 21.4 Å². The summed E-state index contributed by atoms with van der Waals surface area (Å²) in [6.45, 7) is 6.82. The smallest absolute Gasteiger partial charge is 0.270 e. The summed E-state index contributed by atoms with van der Waals surface area (Å²) >= 11 is 1.22. The fourth-order valence-electron chi connectivity index (χ4n) is 3.11. The lowest BCUT2D eigenvalue weighted by Crippen LogP contribution is -2.45. The second-order valence-corrected chi connectivity index (χ2v) is 8.76. The van der Waals surface area contributed by atoms with Crippen molar-refractivity contribution in [3.8, 4) is 0 Å². The summed E-state index contributed by atoms with van der Waals surface area (Å²) in [6, 6.07) is 4.44. The lowest BCUT2D eigenvalue weighted by atomic mass is 9.91. The predicted octanol–water partition coefficient (Wildman–Crippen LogP) is 3.43. The van der Waals surface area contributed by atoms with Crippen molar-refractivity contribution in [1.82, 2.24) is 9.88 Å². The van der Waals surface area contributed by atoms with E-state index >= 15 is 0 Å². The molecule has 1 aliphatic rings. The molecule has 0 bridgehead atoms. The average molecular weight is 390 g/mol. The van der Waals surface area contributed by atoms with Crippen LogP contribution >= 0.6 is 11.3 Å². The van der Waals surface area contributed by atoms with Gasteiger partial charge in [0, 0.05) is 36.6 Å². The number of thiazole rings is 1. The number of nitrogens with one attached hydrogen (secondary N) is 1. The van der Waals surface area contributed by atoms with E-state index in [9.17, 15) is 19.7 Å². The van der Waals surface area contributed by atoms with Crippen LogP contribution in [0.1, 0.15) is 33.6 Å². The first-order valence-electron chi connectivity index (χ1n) is 8.80. The molecule has 1 fully saturated rings. The molecule has 0 unspecified atom stereocenters. The Morgan fingerprint density at radius 2 is 1.96 bits per heavy atom. The van der Waals surface area contributed by atoms with Crippen molar-refractivity contribution in [2.24, 2.45) is 11.3 Å². The third kappa shape index (κ3) is 4.24. The molecule has 0 saturated carbocycles. The molecule has 2 amide bonds. The number of likely N-dealkylation sites (tertiary alicyclic amines) is 1. The fourth-order valence-corrected chi connectivity index (χ4v) is 4.01. The molecule has 8 nitrogen and oxygen atoms in total. The number of hydrogen-bond acceptors (Lipinski definition) is 6. The lowest BCUT2D eigenvalue weighted by molar-refractivity contribution is -0.384. The van der Waals surface area contributed by atoms with E-state index in [-0.39, 0.29) is 23.4 Å². The molecular formula is C18H22N4O4S. The third-order valence-corrected chi connectivity index (χ3v) is 5.54. The van der Waals surface area contributed by atoms with Gasteiger partial charge in [0.15, 0.2) is 5.13 Å². The number of carbonyl (C=O) groups is 2. The number of aromatic nitrogens is 1. The van der Waals surface area contributed by atoms with Crippen LogP contribution in [-0.4, -0.2) is 39.7 Å². The summed E-state index contributed by atoms with van der Waals surface area (Å²) in [5, 5.41) is 14.1. The highest BCUT2D eigenvalue weighted by Crippen LogP contribution is 2.30. The van der Waals surface area contributed by atoms with Crippen LogP contribution in [0.5, 0.6) is 0 Å². The van der Waals surface area contributed by atoms with Crippen LogP contribution < -0.4 is 5.32 Å². The Bertz CT molecular complexity index is 894. The van der Waals surface area contributed by atoms with E-state index in [1.165, 1.54) is 23.5 Å². The molecule has 0 aliphatic carbocycles. The van der Waals surface area contributed by atoms with E-state index in [0.29, 0.717) is 41.3 Å². The van der Waals surface area contributed by atoms with Crippen LogP contribution in [0.4, 0.5) is 10.8 Å². The Hall–Kier alpha value is -2.55. The number of non-ortho nitro benzene ring substituents is 1. The number of hydrogen-bond donors (Lipinski definition) is 1. The molecule has 1 aromatic heterocycles. The topological polar surface area (TPSA) is 105 Å². The number of benzene rings is 1. The summed E-state index contributed by atoms with van der Waals surface area (Å²) in [5.74, 6) is -0.184. The minimum absolute atomic E-state index is 0.0000797. The van der Waals surface area contributed by atoms with Crippen molar-refractivity contribution in [2.75, 3.05) is 18.4 Å². The van der Waals surface area contributed by atoms with Gasteiger partial charge in [-0.1, -0.05) is 32.1 Å². The normalized spacial score (nSPS) is 15.7. The molecule has 1 aliphatic heterocycles. The average Bonchev–Trinajstić information content (AvgIpc) is 3.01. The standard InChI is InChI=1S/C18H22N4O4S/c1-18(2,3)16(24)21-8-6-11(7-9-21)15(23)20-17-19-13-5-4-12(22(25)26)10-14(13)27-17/h4-5,10-11H,6-9H2,1-3H3,(H,19,20,23). The molecule has 1 N–H and O–H groups in total. The van der Waals surface area contributed by atoms with Gasteiger partial charge in [0.2, 0.25) is 11.8 Å². The highest BCUT2D eigenvalue weighted by Gasteiger charge is 2.32. The quantitative estimate of drug-likeness (QED) is 0.638. The molecular weight excluding hydrogens is 368 g/mol. The monoisotopic (exact) mass is 390 g/mol. The van der Waals surface area contributed by atoms with Gasteiger partial charge in [-0.3, -0.25) is 19.7 Å². The summed E-state index contributed by atoms with van der Waals surface area (Å²) < 4.78 is 0.657. The number of carbonyl (C=O) groups excluding carboxylic acids is 2. The Kier molecular flexibility index (Phi) is 5.14. The Balaban J connectivity index is 1.62. The van der Waals surface area contributed by atoms with Crippen molar-refractivity contribution in [3.63, 3.8) is 0 Å². The number of rotatable bonds is 3. The third-order valence-electron chi connectivity index (χ3n) is 4.61. The molecule has 0 spiro atoms. The summed E-state index contributed by atoms with van der Waals surface area (Å²) in [4.78, 5) is 41.4. The van der Waals surface area contributed by atoms with Gasteiger partial charge in [0.05, 0.1) is 15.1 Å². The number of fused-ring (bicyclic) bond motifs is 1. The molecule has 1 aromatic carbocycles. The van der Waals surface area contributed by atoms with Gasteiger partial charge in [-0.05, 0) is 18.9 Å². The number of piperidine rings is 1. The molecule has 9 heteroatoms. The zero-order valence-electron chi connectivity index (χ0n) is 15.5. The number of nitro benzene ring substituents is 1. The van der Waals surface area contributed by atoms with E-state index in [4.69, 9.17) is 0 Å². The largest absolute Gasteiger partial charge is 0.342 e. The van der Waals surface area contributed by atoms with E-state index in [2.05, 4.69) is 10.3 Å². The summed E-state index contributed by atoms with van der Waals surface area (Å²) in [5.41, 5.74) is 0.199. The molecule has 0 radical (unpaired) electrons. The van der Waals surface area contributed by atoms with Crippen LogP contribution in [0.15, 0.2) is 18.2 Å². The maximum Gasteiger partial charge on any atom is 0.270 e. The van der Waals surface area contributed by atoms with Gasteiger partial charge in [0.1, 0.15) is 0 Å². The first-order valence-corrected chi connectivity index (χ1v) is 9.62. The SMILES string of the molecule is CC(C)(C)C(=O)N1CCC(C(=O)Nc2nc3ccc([N+](=O)[O-])cc3s2)CC1. The summed E-state index contributed by atoms with van der Waals surface area (Å²) in [6.07, 6.45) is 1.23. The van der Waals surface area contributed by atoms with E-state index in [0.717, 1.165) is 0 Å². The minimum atomic E-state index is -0.454. The minimum Gasteiger partial charge on any atom is -0.342 e. The predicted molar refractivity (Wildman–Crippen MR) is 104 cm³/mol. The first kappa shape index (κ1) is 19.2. The molecule has 27 heavy (non-hydrogen) atoms. The van der Waals surface area contributed by atoms with Gasteiger partial charge in [-0.2, -0.15) is 0 Å². The maximum atomic E-state index is 12.5. The van der Waals surface area contributed by atoms with Gasteiger partial charge in [0.25, 0.3) is 5.69 Å². The highest BCUT2D eigenvalue weighted by atomic mass is 32.1. The number of nitro groups is 1. The number of anilines is 1. The number of amides is 2. The highest BCUT2D eigenvalue weighted by molar-refractivity contribution is 7.22. The molecule has 1 saturated heterocycles. The molecule has 144 valence electrons. The second kappa shape index (κ2) is 7.22. The Morgan fingerprint density at radius 1 is 1.30 bits per heavy atom. The van der Waals surface area contributed by atoms with E-state index in [1.807, 2.05) is 25.7 Å². The maximum absolute atomic E-state index is 12.5.